The summed E-state index contributed by atoms with van der Waals surface area (Å²) in [6, 6.07) is 8.65. The largest absolute Gasteiger partial charge is 0.0985 e. The average molecular weight is 188 g/mol. The van der Waals surface area contributed by atoms with Crippen LogP contribution in [0.1, 0.15) is 38.3 Å². The van der Waals surface area contributed by atoms with Crippen molar-refractivity contribution in [3.05, 3.63) is 42.0 Å². The monoisotopic (exact) mass is 188 g/mol. The van der Waals surface area contributed by atoms with E-state index in [-0.39, 0.29) is 0 Å². The molecule has 0 aliphatic carbocycles. The van der Waals surface area contributed by atoms with E-state index in [9.17, 15) is 0 Å². The molecule has 14 heavy (non-hydrogen) atoms. The van der Waals surface area contributed by atoms with Crippen LogP contribution in [0.4, 0.5) is 0 Å². The minimum Gasteiger partial charge on any atom is -0.0985 e. The Morgan fingerprint density at radius 2 is 1.71 bits per heavy atom. The van der Waals surface area contributed by atoms with Crippen molar-refractivity contribution in [1.29, 1.82) is 0 Å². The third-order valence-corrected chi connectivity index (χ3v) is 2.38. The van der Waals surface area contributed by atoms with Gasteiger partial charge in [0.1, 0.15) is 0 Å². The highest BCUT2D eigenvalue weighted by Crippen LogP contribution is 2.21. The molecule has 1 rings (SSSR count). The second-order valence-corrected chi connectivity index (χ2v) is 5.01. The molecular weight excluding hydrogens is 168 g/mol. The highest BCUT2D eigenvalue weighted by molar-refractivity contribution is 5.47. The van der Waals surface area contributed by atoms with E-state index in [0.717, 1.165) is 0 Å². The molecule has 0 aromatic heterocycles. The van der Waals surface area contributed by atoms with Gasteiger partial charge in [-0.15, -0.1) is 0 Å². The van der Waals surface area contributed by atoms with Crippen LogP contribution >= 0.6 is 0 Å². The fraction of sp³-hybridized carbons (Fsp3) is 0.429. The van der Waals surface area contributed by atoms with Crippen LogP contribution in [0.25, 0.3) is 6.08 Å². The molecule has 0 fully saturated rings. The Morgan fingerprint density at radius 1 is 1.14 bits per heavy atom. The molecule has 0 heterocycles. The number of aryl methyl sites for hydroxylation is 1. The zero-order valence-corrected chi connectivity index (χ0v) is 9.51. The summed E-state index contributed by atoms with van der Waals surface area (Å²) in [5.74, 6) is 0. The van der Waals surface area contributed by atoms with E-state index in [0.29, 0.717) is 5.41 Å². The molecule has 0 atom stereocenters. The third-order valence-electron chi connectivity index (χ3n) is 2.38. The summed E-state index contributed by atoms with van der Waals surface area (Å²) in [5.41, 5.74) is 3.05. The van der Waals surface area contributed by atoms with Gasteiger partial charge in [-0.25, -0.2) is 0 Å². The van der Waals surface area contributed by atoms with Gasteiger partial charge in [0.25, 0.3) is 0 Å². The van der Waals surface area contributed by atoms with E-state index in [1.54, 1.807) is 0 Å². The van der Waals surface area contributed by atoms with Gasteiger partial charge in [-0.05, 0) is 29.4 Å². The van der Waals surface area contributed by atoms with Crippen molar-refractivity contribution >= 4 is 6.08 Å². The molecule has 0 radical (unpaired) electrons. The normalized spacial score (nSPS) is 11.4. The van der Waals surface area contributed by atoms with Crippen molar-refractivity contribution in [3.63, 3.8) is 0 Å². The summed E-state index contributed by atoms with van der Waals surface area (Å²) in [6.07, 6.45) is 4.29. The lowest BCUT2D eigenvalue weighted by atomic mass is 9.88. The van der Waals surface area contributed by atoms with Gasteiger partial charge in [-0.1, -0.05) is 57.7 Å². The zero-order chi connectivity index (χ0) is 10.6. The number of hydrogen-bond acceptors (Lipinski definition) is 0. The van der Waals surface area contributed by atoms with Gasteiger partial charge in [0.05, 0.1) is 0 Å². The van der Waals surface area contributed by atoms with Crippen LogP contribution in [-0.2, 0) is 6.42 Å². The van der Waals surface area contributed by atoms with Crippen LogP contribution in [-0.4, -0.2) is 0 Å². The lowest BCUT2D eigenvalue weighted by Gasteiger charge is -2.17. The summed E-state index contributed by atoms with van der Waals surface area (Å²) >= 11 is 0. The van der Waals surface area contributed by atoms with Gasteiger partial charge >= 0.3 is 0 Å². The first-order valence-electron chi connectivity index (χ1n) is 5.23. The highest BCUT2D eigenvalue weighted by Gasteiger charge is 2.09. The van der Waals surface area contributed by atoms with E-state index in [1.165, 1.54) is 24.0 Å². The molecule has 0 saturated carbocycles. The maximum Gasteiger partial charge on any atom is -0.0262 e. The zero-order valence-electron chi connectivity index (χ0n) is 9.51. The van der Waals surface area contributed by atoms with Gasteiger partial charge < -0.3 is 0 Å². The minimum absolute atomic E-state index is 0.428. The van der Waals surface area contributed by atoms with Crippen molar-refractivity contribution in [1.82, 2.24) is 0 Å². The second-order valence-electron chi connectivity index (χ2n) is 5.01. The summed E-state index contributed by atoms with van der Waals surface area (Å²) in [4.78, 5) is 0. The van der Waals surface area contributed by atoms with Gasteiger partial charge in [-0.2, -0.15) is 0 Å². The van der Waals surface area contributed by atoms with Crippen LogP contribution in [0, 0.1) is 5.41 Å². The molecule has 0 nitrogen and oxygen atoms in total. The molecule has 0 aliphatic heterocycles. The van der Waals surface area contributed by atoms with Crippen molar-refractivity contribution in [2.75, 3.05) is 0 Å². The molecule has 0 spiro atoms. The Bertz CT molecular complexity index is 285. The van der Waals surface area contributed by atoms with E-state index >= 15 is 0 Å². The molecule has 1 aromatic carbocycles. The second kappa shape index (κ2) is 4.45. The molecule has 0 N–H and O–H groups in total. The third kappa shape index (κ3) is 3.78. The Kier molecular flexibility index (Phi) is 3.51. The fourth-order valence-electron chi connectivity index (χ4n) is 1.34. The lowest BCUT2D eigenvalue weighted by Crippen LogP contribution is -2.06. The Morgan fingerprint density at radius 3 is 2.14 bits per heavy atom. The predicted molar refractivity (Wildman–Crippen MR) is 64.3 cm³/mol. The van der Waals surface area contributed by atoms with Crippen molar-refractivity contribution in [2.24, 2.45) is 5.41 Å². The summed E-state index contributed by atoms with van der Waals surface area (Å²) in [5, 5.41) is 0. The molecule has 0 saturated heterocycles. The Labute approximate surface area is 87.7 Å². The number of hydrogen-bond donors (Lipinski definition) is 0. The molecule has 0 aliphatic rings. The van der Waals surface area contributed by atoms with Crippen LogP contribution < -0.4 is 0 Å². The topological polar surface area (TPSA) is 0 Å². The first-order chi connectivity index (χ1) is 6.51. The van der Waals surface area contributed by atoms with Gasteiger partial charge in [0.15, 0.2) is 0 Å². The van der Waals surface area contributed by atoms with Crippen molar-refractivity contribution in [2.45, 2.75) is 33.6 Å². The lowest BCUT2D eigenvalue weighted by molar-refractivity contribution is 0.378. The van der Waals surface area contributed by atoms with Gasteiger partial charge in [0, 0.05) is 0 Å². The van der Waals surface area contributed by atoms with Crippen molar-refractivity contribution in [3.8, 4) is 0 Å². The first-order valence-corrected chi connectivity index (χ1v) is 5.23. The maximum atomic E-state index is 3.75. The van der Waals surface area contributed by atoms with Gasteiger partial charge in [0.2, 0.25) is 0 Å². The fourth-order valence-corrected chi connectivity index (χ4v) is 1.34. The molecule has 0 bridgehead atoms. The predicted octanol–water partition coefficient (Wildman–Crippen LogP) is 4.31. The number of benzene rings is 1. The maximum absolute atomic E-state index is 3.75. The van der Waals surface area contributed by atoms with E-state index < -0.39 is 0 Å². The number of rotatable bonds is 3. The standard InChI is InChI=1S/C14H20/c1-5-12-6-8-13(9-7-12)10-11-14(2,3)4/h5-9H,1,10-11H2,2-4H3. The van der Waals surface area contributed by atoms with E-state index in [2.05, 4.69) is 51.6 Å². The van der Waals surface area contributed by atoms with E-state index in [1.807, 2.05) is 6.08 Å². The molecule has 0 amide bonds. The van der Waals surface area contributed by atoms with E-state index in [4.69, 9.17) is 0 Å². The summed E-state index contributed by atoms with van der Waals surface area (Å²) in [6.45, 7) is 10.6. The molecular formula is C14H20. The first kappa shape index (κ1) is 11.0. The van der Waals surface area contributed by atoms with Crippen LogP contribution in [0.2, 0.25) is 0 Å². The van der Waals surface area contributed by atoms with Crippen molar-refractivity contribution < 1.29 is 0 Å². The van der Waals surface area contributed by atoms with Crippen LogP contribution in [0.3, 0.4) is 0 Å². The molecule has 76 valence electrons. The van der Waals surface area contributed by atoms with Crippen LogP contribution in [0.5, 0.6) is 0 Å². The minimum atomic E-state index is 0.428. The highest BCUT2D eigenvalue weighted by atomic mass is 14.1. The van der Waals surface area contributed by atoms with Gasteiger partial charge in [-0.3, -0.25) is 0 Å². The molecule has 1 aromatic rings. The summed E-state index contributed by atoms with van der Waals surface area (Å²) in [7, 11) is 0. The average Bonchev–Trinajstić information content (AvgIpc) is 2.14. The summed E-state index contributed by atoms with van der Waals surface area (Å²) < 4.78 is 0. The smallest absolute Gasteiger partial charge is 0.0262 e. The Balaban J connectivity index is 2.56. The molecule has 0 heteroatoms. The Hall–Kier alpha value is -1.04. The molecule has 0 unspecified atom stereocenters. The SMILES string of the molecule is C=Cc1ccc(CCC(C)(C)C)cc1. The quantitative estimate of drug-likeness (QED) is 0.663. The van der Waals surface area contributed by atoms with Crippen LogP contribution in [0.15, 0.2) is 30.8 Å².